The number of carbonyl (C=O) groups excluding carboxylic acids is 2. The summed E-state index contributed by atoms with van der Waals surface area (Å²) in [6.45, 7) is 1.65. The molecule has 0 unspecified atom stereocenters. The molecule has 0 aliphatic heterocycles. The zero-order valence-electron chi connectivity index (χ0n) is 16.5. The molecule has 7 heteroatoms. The van der Waals surface area contributed by atoms with Gasteiger partial charge in [0.2, 0.25) is 15.9 Å². The molecule has 1 amide bonds. The standard InChI is InChI=1S/C23H22N2O4S/c1-17-7-9-18(10-8-17)15-23(27)25-20-11-13-21(14-12-20)30(28,29)24-16-22(26)19-5-3-2-4-6-19/h2-14,24H,15-16H2,1H3,(H,25,27). The van der Waals surface area contributed by atoms with E-state index in [9.17, 15) is 18.0 Å². The van der Waals surface area contributed by atoms with Crippen molar-refractivity contribution in [3.8, 4) is 0 Å². The molecule has 0 heterocycles. The summed E-state index contributed by atoms with van der Waals surface area (Å²) in [6.07, 6.45) is 0.226. The molecular formula is C23H22N2O4S. The van der Waals surface area contributed by atoms with Gasteiger partial charge in [-0.15, -0.1) is 0 Å². The Hall–Kier alpha value is -3.29. The lowest BCUT2D eigenvalue weighted by atomic mass is 10.1. The molecule has 2 N–H and O–H groups in total. The lowest BCUT2D eigenvalue weighted by Crippen LogP contribution is -2.29. The number of ketones is 1. The van der Waals surface area contributed by atoms with Gasteiger partial charge in [-0.3, -0.25) is 9.59 Å². The molecule has 0 aliphatic carbocycles. The second kappa shape index (κ2) is 9.47. The van der Waals surface area contributed by atoms with E-state index in [1.807, 2.05) is 31.2 Å². The summed E-state index contributed by atoms with van der Waals surface area (Å²) in [6, 6.07) is 21.9. The van der Waals surface area contributed by atoms with Crippen molar-refractivity contribution in [1.82, 2.24) is 4.72 Å². The summed E-state index contributed by atoms with van der Waals surface area (Å²) in [5.74, 6) is -0.514. The van der Waals surface area contributed by atoms with E-state index in [1.54, 1.807) is 30.3 Å². The van der Waals surface area contributed by atoms with Crippen LogP contribution in [0, 0.1) is 6.92 Å². The van der Waals surface area contributed by atoms with E-state index in [-0.39, 0.29) is 29.6 Å². The quantitative estimate of drug-likeness (QED) is 0.545. The highest BCUT2D eigenvalue weighted by Crippen LogP contribution is 2.15. The molecule has 0 bridgehead atoms. The Morgan fingerprint density at radius 1 is 0.833 bits per heavy atom. The molecule has 0 saturated heterocycles. The van der Waals surface area contributed by atoms with Gasteiger partial charge in [-0.05, 0) is 36.8 Å². The molecule has 30 heavy (non-hydrogen) atoms. The zero-order valence-corrected chi connectivity index (χ0v) is 17.3. The van der Waals surface area contributed by atoms with Crippen molar-refractivity contribution in [3.63, 3.8) is 0 Å². The molecule has 3 aromatic carbocycles. The number of carbonyl (C=O) groups is 2. The molecule has 0 aromatic heterocycles. The fourth-order valence-corrected chi connectivity index (χ4v) is 3.77. The Morgan fingerprint density at radius 2 is 1.47 bits per heavy atom. The second-order valence-electron chi connectivity index (χ2n) is 6.85. The van der Waals surface area contributed by atoms with Crippen LogP contribution in [-0.4, -0.2) is 26.7 Å². The van der Waals surface area contributed by atoms with Crippen molar-refractivity contribution in [3.05, 3.63) is 95.6 Å². The van der Waals surface area contributed by atoms with E-state index < -0.39 is 10.0 Å². The maximum Gasteiger partial charge on any atom is 0.240 e. The maximum absolute atomic E-state index is 12.4. The fraction of sp³-hybridized carbons (Fsp3) is 0.130. The fourth-order valence-electron chi connectivity index (χ4n) is 2.78. The van der Waals surface area contributed by atoms with Gasteiger partial charge in [0.1, 0.15) is 0 Å². The van der Waals surface area contributed by atoms with Crippen LogP contribution in [-0.2, 0) is 21.2 Å². The molecule has 0 aliphatic rings. The van der Waals surface area contributed by atoms with Gasteiger partial charge in [-0.25, -0.2) is 13.1 Å². The van der Waals surface area contributed by atoms with Crippen molar-refractivity contribution in [2.24, 2.45) is 0 Å². The number of sulfonamides is 1. The van der Waals surface area contributed by atoms with Gasteiger partial charge in [0.25, 0.3) is 0 Å². The Balaban J connectivity index is 1.57. The summed E-state index contributed by atoms with van der Waals surface area (Å²) in [5, 5.41) is 2.75. The second-order valence-corrected chi connectivity index (χ2v) is 8.62. The van der Waals surface area contributed by atoms with Crippen LogP contribution < -0.4 is 10.0 Å². The lowest BCUT2D eigenvalue weighted by molar-refractivity contribution is -0.115. The molecule has 3 rings (SSSR count). The van der Waals surface area contributed by atoms with Gasteiger partial charge >= 0.3 is 0 Å². The first-order chi connectivity index (χ1) is 14.3. The number of amides is 1. The molecule has 6 nitrogen and oxygen atoms in total. The van der Waals surface area contributed by atoms with Crippen LogP contribution in [0.1, 0.15) is 21.5 Å². The van der Waals surface area contributed by atoms with Crippen LogP contribution in [0.3, 0.4) is 0 Å². The molecule has 0 spiro atoms. The van der Waals surface area contributed by atoms with Crippen molar-refractivity contribution >= 4 is 27.4 Å². The maximum atomic E-state index is 12.4. The van der Waals surface area contributed by atoms with Crippen molar-refractivity contribution in [1.29, 1.82) is 0 Å². The Bertz CT molecular complexity index is 1120. The van der Waals surface area contributed by atoms with Crippen LogP contribution in [0.5, 0.6) is 0 Å². The topological polar surface area (TPSA) is 92.3 Å². The van der Waals surface area contributed by atoms with Crippen LogP contribution in [0.25, 0.3) is 0 Å². The third-order valence-corrected chi connectivity index (χ3v) is 5.87. The van der Waals surface area contributed by atoms with Gasteiger partial charge < -0.3 is 5.32 Å². The summed E-state index contributed by atoms with van der Waals surface area (Å²) < 4.78 is 27.1. The van der Waals surface area contributed by atoms with E-state index >= 15 is 0 Å². The molecule has 154 valence electrons. The monoisotopic (exact) mass is 422 g/mol. The summed E-state index contributed by atoms with van der Waals surface area (Å²) in [7, 11) is -3.84. The lowest BCUT2D eigenvalue weighted by Gasteiger charge is -2.09. The third-order valence-electron chi connectivity index (χ3n) is 4.45. The molecule has 3 aromatic rings. The summed E-state index contributed by atoms with van der Waals surface area (Å²) in [5.41, 5.74) is 2.94. The summed E-state index contributed by atoms with van der Waals surface area (Å²) in [4.78, 5) is 24.3. The van der Waals surface area contributed by atoms with Gasteiger partial charge in [0.15, 0.2) is 5.78 Å². The molecular weight excluding hydrogens is 400 g/mol. The van der Waals surface area contributed by atoms with Gasteiger partial charge in [0, 0.05) is 11.3 Å². The SMILES string of the molecule is Cc1ccc(CC(=O)Nc2ccc(S(=O)(=O)NCC(=O)c3ccccc3)cc2)cc1. The number of rotatable bonds is 8. The predicted molar refractivity (Wildman–Crippen MR) is 116 cm³/mol. The average molecular weight is 423 g/mol. The minimum atomic E-state index is -3.84. The van der Waals surface area contributed by atoms with Gasteiger partial charge in [-0.1, -0.05) is 60.2 Å². The van der Waals surface area contributed by atoms with E-state index in [0.717, 1.165) is 11.1 Å². The number of anilines is 1. The average Bonchev–Trinajstić information content (AvgIpc) is 2.75. The smallest absolute Gasteiger partial charge is 0.240 e. The highest BCUT2D eigenvalue weighted by atomic mass is 32.2. The minimum absolute atomic E-state index is 0.0138. The number of hydrogen-bond donors (Lipinski definition) is 2. The Morgan fingerprint density at radius 3 is 2.10 bits per heavy atom. The zero-order chi connectivity index (χ0) is 21.6. The Kier molecular flexibility index (Phi) is 6.76. The van der Waals surface area contributed by atoms with E-state index in [2.05, 4.69) is 10.0 Å². The van der Waals surface area contributed by atoms with E-state index in [4.69, 9.17) is 0 Å². The third kappa shape index (κ3) is 5.85. The van der Waals surface area contributed by atoms with Crippen LogP contribution in [0.15, 0.2) is 83.8 Å². The van der Waals surface area contributed by atoms with Gasteiger partial charge in [-0.2, -0.15) is 0 Å². The van der Waals surface area contributed by atoms with Crippen molar-refractivity contribution < 1.29 is 18.0 Å². The van der Waals surface area contributed by atoms with Crippen molar-refractivity contribution in [2.45, 2.75) is 18.2 Å². The first-order valence-corrected chi connectivity index (χ1v) is 10.9. The highest BCUT2D eigenvalue weighted by molar-refractivity contribution is 7.89. The molecule has 0 fully saturated rings. The number of nitrogens with one attached hydrogen (secondary N) is 2. The normalized spacial score (nSPS) is 11.1. The van der Waals surface area contributed by atoms with Crippen molar-refractivity contribution in [2.75, 3.05) is 11.9 Å². The number of hydrogen-bond acceptors (Lipinski definition) is 4. The number of aryl methyl sites for hydroxylation is 1. The van der Waals surface area contributed by atoms with Gasteiger partial charge in [0.05, 0.1) is 17.9 Å². The predicted octanol–water partition coefficient (Wildman–Crippen LogP) is 3.34. The summed E-state index contributed by atoms with van der Waals surface area (Å²) >= 11 is 0. The highest BCUT2D eigenvalue weighted by Gasteiger charge is 2.16. The number of Topliss-reactive ketones (excluding diaryl/α,β-unsaturated/α-hetero) is 1. The first kappa shape index (κ1) is 21.4. The molecule has 0 atom stereocenters. The van der Waals surface area contributed by atoms with E-state index in [1.165, 1.54) is 24.3 Å². The number of benzene rings is 3. The minimum Gasteiger partial charge on any atom is -0.326 e. The molecule has 0 radical (unpaired) electrons. The van der Waals surface area contributed by atoms with Crippen LogP contribution >= 0.6 is 0 Å². The van der Waals surface area contributed by atoms with Crippen LogP contribution in [0.2, 0.25) is 0 Å². The van der Waals surface area contributed by atoms with E-state index in [0.29, 0.717) is 11.3 Å². The molecule has 0 saturated carbocycles. The van der Waals surface area contributed by atoms with Crippen LogP contribution in [0.4, 0.5) is 5.69 Å². The largest absolute Gasteiger partial charge is 0.326 e. The first-order valence-electron chi connectivity index (χ1n) is 9.37. The Labute approximate surface area is 176 Å².